The average Bonchev–Trinajstić information content (AvgIpc) is 2.98. The Bertz CT molecular complexity index is 1010. The maximum absolute atomic E-state index is 12.4. The lowest BCUT2D eigenvalue weighted by molar-refractivity contribution is -0.148. The predicted octanol–water partition coefficient (Wildman–Crippen LogP) is 2.58. The number of benzene rings is 2. The monoisotopic (exact) mass is 422 g/mol. The molecular weight excluding hydrogens is 396 g/mol. The maximum atomic E-state index is 12.4. The van der Waals surface area contributed by atoms with Crippen LogP contribution in [0.15, 0.2) is 42.5 Å². The Labute approximate surface area is 181 Å². The van der Waals surface area contributed by atoms with E-state index in [1.54, 1.807) is 18.2 Å². The van der Waals surface area contributed by atoms with E-state index in [4.69, 9.17) is 4.74 Å². The van der Waals surface area contributed by atoms with Crippen LogP contribution >= 0.6 is 0 Å². The maximum Gasteiger partial charge on any atom is 0.306 e. The fourth-order valence-corrected chi connectivity index (χ4v) is 3.49. The van der Waals surface area contributed by atoms with Crippen molar-refractivity contribution in [2.45, 2.75) is 33.1 Å². The number of esters is 1. The summed E-state index contributed by atoms with van der Waals surface area (Å²) in [5.41, 5.74) is 4.01. The summed E-state index contributed by atoms with van der Waals surface area (Å²) < 4.78 is 4.99. The highest BCUT2D eigenvalue weighted by Crippen LogP contribution is 2.24. The normalized spacial score (nSPS) is 12.6. The molecule has 2 aromatic carbocycles. The van der Waals surface area contributed by atoms with Crippen molar-refractivity contribution in [1.82, 2.24) is 10.2 Å². The first-order valence-electron chi connectivity index (χ1n) is 10.3. The molecule has 0 spiro atoms. The molecule has 0 fully saturated rings. The molecule has 0 saturated heterocycles. The minimum Gasteiger partial charge on any atom is -0.456 e. The second-order valence-electron chi connectivity index (χ2n) is 7.60. The molecule has 1 N–H and O–H groups in total. The van der Waals surface area contributed by atoms with Gasteiger partial charge in [-0.15, -0.1) is 0 Å². The van der Waals surface area contributed by atoms with E-state index in [1.165, 1.54) is 0 Å². The molecule has 2 aromatic rings. The highest BCUT2D eigenvalue weighted by atomic mass is 16.5. The minimum atomic E-state index is -0.540. The molecule has 0 atom stereocenters. The number of imide groups is 1. The third-order valence-corrected chi connectivity index (χ3v) is 5.23. The van der Waals surface area contributed by atoms with E-state index in [0.717, 1.165) is 21.6 Å². The van der Waals surface area contributed by atoms with Crippen LogP contribution in [-0.4, -0.2) is 48.3 Å². The van der Waals surface area contributed by atoms with E-state index in [1.807, 2.05) is 38.1 Å². The van der Waals surface area contributed by atoms with Crippen molar-refractivity contribution in [2.75, 3.05) is 19.7 Å². The Kier molecular flexibility index (Phi) is 7.18. The van der Waals surface area contributed by atoms with Crippen molar-refractivity contribution in [3.8, 4) is 0 Å². The second kappa shape index (κ2) is 10.0. The van der Waals surface area contributed by atoms with Gasteiger partial charge in [0.05, 0.1) is 11.1 Å². The number of hydrogen-bond donors (Lipinski definition) is 1. The zero-order chi connectivity index (χ0) is 22.4. The molecule has 0 aliphatic carbocycles. The van der Waals surface area contributed by atoms with Crippen LogP contribution in [0.2, 0.25) is 0 Å². The first kappa shape index (κ1) is 22.2. The summed E-state index contributed by atoms with van der Waals surface area (Å²) in [6.45, 7) is 4.11. The molecule has 0 saturated carbocycles. The lowest BCUT2D eigenvalue weighted by Gasteiger charge is -2.13. The van der Waals surface area contributed by atoms with Gasteiger partial charge in [-0.25, -0.2) is 0 Å². The van der Waals surface area contributed by atoms with E-state index < -0.39 is 5.97 Å². The van der Waals surface area contributed by atoms with Crippen LogP contribution in [0.3, 0.4) is 0 Å². The number of nitrogens with zero attached hydrogens (tertiary/aromatic N) is 1. The van der Waals surface area contributed by atoms with E-state index in [-0.39, 0.29) is 43.7 Å². The summed E-state index contributed by atoms with van der Waals surface area (Å²) in [6.07, 6.45) is 0.993. The summed E-state index contributed by atoms with van der Waals surface area (Å²) in [5, 5.41) is 2.73. The first-order valence-corrected chi connectivity index (χ1v) is 10.3. The van der Waals surface area contributed by atoms with Gasteiger partial charge in [0.2, 0.25) is 0 Å². The van der Waals surface area contributed by atoms with Crippen LogP contribution in [0, 0.1) is 13.8 Å². The Hall–Kier alpha value is -3.48. The van der Waals surface area contributed by atoms with Crippen LogP contribution in [0.1, 0.15) is 50.2 Å². The SMILES string of the molecule is Cc1ccc2c(c1)C(=O)N(CCCC(=O)OCC(=O)NCCc1ccccc1C)C2=O. The third-order valence-electron chi connectivity index (χ3n) is 5.23. The number of aryl methyl sites for hydroxylation is 2. The highest BCUT2D eigenvalue weighted by molar-refractivity contribution is 6.21. The molecule has 1 heterocycles. The lowest BCUT2D eigenvalue weighted by atomic mass is 10.1. The summed E-state index contributed by atoms with van der Waals surface area (Å²) in [7, 11) is 0. The van der Waals surface area contributed by atoms with Crippen LogP contribution < -0.4 is 5.32 Å². The number of hydrogen-bond acceptors (Lipinski definition) is 5. The molecule has 162 valence electrons. The molecule has 1 aliphatic rings. The molecule has 3 amide bonds. The van der Waals surface area contributed by atoms with Crippen molar-refractivity contribution in [1.29, 1.82) is 0 Å². The lowest BCUT2D eigenvalue weighted by Crippen LogP contribution is -2.32. The molecule has 0 unspecified atom stereocenters. The van der Waals surface area contributed by atoms with Crippen molar-refractivity contribution < 1.29 is 23.9 Å². The van der Waals surface area contributed by atoms with Gasteiger partial charge in [0.25, 0.3) is 17.7 Å². The Morgan fingerprint density at radius 3 is 2.52 bits per heavy atom. The van der Waals surface area contributed by atoms with Crippen LogP contribution in [0.4, 0.5) is 0 Å². The zero-order valence-corrected chi connectivity index (χ0v) is 17.8. The van der Waals surface area contributed by atoms with Gasteiger partial charge >= 0.3 is 5.97 Å². The highest BCUT2D eigenvalue weighted by Gasteiger charge is 2.35. The van der Waals surface area contributed by atoms with Gasteiger partial charge in [-0.2, -0.15) is 0 Å². The molecule has 1 aliphatic heterocycles. The summed E-state index contributed by atoms with van der Waals surface area (Å²) in [4.78, 5) is 49.7. The van der Waals surface area contributed by atoms with Crippen molar-refractivity contribution in [3.63, 3.8) is 0 Å². The molecule has 31 heavy (non-hydrogen) atoms. The predicted molar refractivity (Wildman–Crippen MR) is 115 cm³/mol. The number of amides is 3. The number of fused-ring (bicyclic) bond motifs is 1. The van der Waals surface area contributed by atoms with Gasteiger partial charge in [-0.3, -0.25) is 24.1 Å². The molecule has 3 rings (SSSR count). The summed E-state index contributed by atoms with van der Waals surface area (Å²) in [5.74, 6) is -1.59. The second-order valence-corrected chi connectivity index (χ2v) is 7.60. The number of carbonyl (C=O) groups excluding carboxylic acids is 4. The first-order chi connectivity index (χ1) is 14.9. The average molecular weight is 422 g/mol. The zero-order valence-electron chi connectivity index (χ0n) is 17.8. The topological polar surface area (TPSA) is 92.8 Å². The van der Waals surface area contributed by atoms with E-state index in [0.29, 0.717) is 24.1 Å². The number of rotatable bonds is 9. The molecule has 0 aromatic heterocycles. The molecule has 7 heteroatoms. The molecule has 0 bridgehead atoms. The van der Waals surface area contributed by atoms with Crippen LogP contribution in [0.5, 0.6) is 0 Å². The van der Waals surface area contributed by atoms with Gasteiger partial charge in [0.1, 0.15) is 0 Å². The van der Waals surface area contributed by atoms with Crippen molar-refractivity contribution in [2.24, 2.45) is 0 Å². The standard InChI is InChI=1S/C24H26N2O5/c1-16-9-10-19-20(14-16)24(30)26(23(19)29)13-5-8-22(28)31-15-21(27)25-12-11-18-7-4-3-6-17(18)2/h3-4,6-7,9-10,14H,5,8,11-13,15H2,1-2H3,(H,25,27). The fraction of sp³-hybridized carbons (Fsp3) is 0.333. The number of nitrogens with one attached hydrogen (secondary N) is 1. The Morgan fingerprint density at radius 2 is 1.74 bits per heavy atom. The summed E-state index contributed by atoms with van der Waals surface area (Å²) >= 11 is 0. The van der Waals surface area contributed by atoms with E-state index >= 15 is 0 Å². The van der Waals surface area contributed by atoms with Gasteiger partial charge in [0.15, 0.2) is 6.61 Å². The third kappa shape index (κ3) is 5.57. The number of carbonyl (C=O) groups is 4. The van der Waals surface area contributed by atoms with Crippen LogP contribution in [0.25, 0.3) is 0 Å². The van der Waals surface area contributed by atoms with Gasteiger partial charge in [-0.05, 0) is 49.9 Å². The van der Waals surface area contributed by atoms with Gasteiger partial charge in [-0.1, -0.05) is 35.9 Å². The molecule has 7 nitrogen and oxygen atoms in total. The Morgan fingerprint density at radius 1 is 1.00 bits per heavy atom. The van der Waals surface area contributed by atoms with Crippen molar-refractivity contribution >= 4 is 23.7 Å². The van der Waals surface area contributed by atoms with E-state index in [9.17, 15) is 19.2 Å². The summed E-state index contributed by atoms with van der Waals surface area (Å²) in [6, 6.07) is 13.1. The molecular formula is C24H26N2O5. The van der Waals surface area contributed by atoms with Crippen LogP contribution in [-0.2, 0) is 20.7 Å². The fourth-order valence-electron chi connectivity index (χ4n) is 3.49. The van der Waals surface area contributed by atoms with Gasteiger partial charge in [0, 0.05) is 19.5 Å². The molecule has 0 radical (unpaired) electrons. The van der Waals surface area contributed by atoms with Gasteiger partial charge < -0.3 is 10.1 Å². The smallest absolute Gasteiger partial charge is 0.306 e. The Balaban J connectivity index is 1.34. The van der Waals surface area contributed by atoms with E-state index in [2.05, 4.69) is 5.32 Å². The quantitative estimate of drug-likeness (QED) is 0.495. The minimum absolute atomic E-state index is 0.0168. The number of ether oxygens (including phenoxy) is 1. The van der Waals surface area contributed by atoms with Crippen molar-refractivity contribution in [3.05, 3.63) is 70.3 Å². The largest absolute Gasteiger partial charge is 0.456 e.